The lowest BCUT2D eigenvalue weighted by molar-refractivity contribution is 0.0327. The molecule has 1 unspecified atom stereocenters. The van der Waals surface area contributed by atoms with Crippen molar-refractivity contribution in [3.05, 3.63) is 68.1 Å². The van der Waals surface area contributed by atoms with Crippen LogP contribution in [0.1, 0.15) is 24.5 Å². The largest absolute Gasteiger partial charge is 0.385 e. The molecule has 0 spiro atoms. The lowest BCUT2D eigenvalue weighted by atomic mass is 9.85. The first-order valence-corrected chi connectivity index (χ1v) is 7.92. The van der Waals surface area contributed by atoms with Crippen molar-refractivity contribution >= 4 is 39.1 Å². The Labute approximate surface area is 137 Å². The van der Waals surface area contributed by atoms with Crippen molar-refractivity contribution in [3.8, 4) is 0 Å². The van der Waals surface area contributed by atoms with Gasteiger partial charge < -0.3 is 5.11 Å². The molecule has 0 radical (unpaired) electrons. The standard InChI is InChI=1S/C16H15BrCl2O/c1-2-16(20,12-4-3-5-13(17)9-12)10-11-8-14(18)6-7-15(11)19/h3-9,20H,2,10H2,1H3. The van der Waals surface area contributed by atoms with Crippen LogP contribution in [0, 0.1) is 0 Å². The monoisotopic (exact) mass is 372 g/mol. The van der Waals surface area contributed by atoms with E-state index in [1.165, 1.54) is 0 Å². The van der Waals surface area contributed by atoms with Crippen LogP contribution in [0.3, 0.4) is 0 Å². The highest BCUT2D eigenvalue weighted by molar-refractivity contribution is 9.10. The van der Waals surface area contributed by atoms with Crippen molar-refractivity contribution < 1.29 is 5.11 Å². The maximum absolute atomic E-state index is 11.0. The number of hydrogen-bond donors (Lipinski definition) is 1. The fourth-order valence-electron chi connectivity index (χ4n) is 2.20. The minimum Gasteiger partial charge on any atom is -0.385 e. The lowest BCUT2D eigenvalue weighted by Crippen LogP contribution is -2.27. The van der Waals surface area contributed by atoms with Crippen molar-refractivity contribution in [1.82, 2.24) is 0 Å². The molecule has 0 aliphatic rings. The Balaban J connectivity index is 2.39. The third kappa shape index (κ3) is 3.56. The van der Waals surface area contributed by atoms with Gasteiger partial charge in [-0.2, -0.15) is 0 Å². The Hall–Kier alpha value is -0.540. The summed E-state index contributed by atoms with van der Waals surface area (Å²) in [6.45, 7) is 1.96. The third-order valence-corrected chi connectivity index (χ3v) is 4.53. The van der Waals surface area contributed by atoms with Crippen molar-refractivity contribution in [2.45, 2.75) is 25.4 Å². The molecule has 0 aliphatic carbocycles. The number of hydrogen-bond acceptors (Lipinski definition) is 1. The van der Waals surface area contributed by atoms with E-state index in [-0.39, 0.29) is 0 Å². The first-order valence-electron chi connectivity index (χ1n) is 6.37. The van der Waals surface area contributed by atoms with E-state index in [1.807, 2.05) is 37.3 Å². The average Bonchev–Trinajstić information content (AvgIpc) is 2.43. The molecule has 2 aromatic carbocycles. The van der Waals surface area contributed by atoms with Gasteiger partial charge in [0.25, 0.3) is 0 Å². The topological polar surface area (TPSA) is 20.2 Å². The SMILES string of the molecule is CCC(O)(Cc1cc(Cl)ccc1Cl)c1cccc(Br)c1. The molecule has 106 valence electrons. The Morgan fingerprint density at radius 2 is 1.90 bits per heavy atom. The highest BCUT2D eigenvalue weighted by atomic mass is 79.9. The highest BCUT2D eigenvalue weighted by Crippen LogP contribution is 2.33. The predicted molar refractivity (Wildman–Crippen MR) is 88.5 cm³/mol. The van der Waals surface area contributed by atoms with Crippen molar-refractivity contribution in [1.29, 1.82) is 0 Å². The van der Waals surface area contributed by atoms with Crippen LogP contribution in [0.4, 0.5) is 0 Å². The molecule has 0 amide bonds. The maximum atomic E-state index is 11.0. The van der Waals surface area contributed by atoms with Gasteiger partial charge >= 0.3 is 0 Å². The van der Waals surface area contributed by atoms with E-state index in [9.17, 15) is 5.11 Å². The first kappa shape index (κ1) is 15.8. The highest BCUT2D eigenvalue weighted by Gasteiger charge is 2.28. The van der Waals surface area contributed by atoms with Gasteiger partial charge in [-0.25, -0.2) is 0 Å². The number of aliphatic hydroxyl groups is 1. The van der Waals surface area contributed by atoms with Crippen LogP contribution in [0.5, 0.6) is 0 Å². The number of halogens is 3. The summed E-state index contributed by atoms with van der Waals surface area (Å²) in [5, 5.41) is 12.2. The predicted octanol–water partition coefficient (Wildman–Crippen LogP) is 5.60. The average molecular weight is 374 g/mol. The third-order valence-electron chi connectivity index (χ3n) is 3.44. The summed E-state index contributed by atoms with van der Waals surface area (Å²) in [5.41, 5.74) is 0.756. The zero-order valence-electron chi connectivity index (χ0n) is 11.0. The van der Waals surface area contributed by atoms with E-state index < -0.39 is 5.60 Å². The van der Waals surface area contributed by atoms with Gasteiger partial charge in [-0.1, -0.05) is 58.2 Å². The summed E-state index contributed by atoms with van der Waals surface area (Å²) in [5.74, 6) is 0. The summed E-state index contributed by atoms with van der Waals surface area (Å²) in [6, 6.07) is 13.0. The summed E-state index contributed by atoms with van der Waals surface area (Å²) >= 11 is 15.6. The fraction of sp³-hybridized carbons (Fsp3) is 0.250. The van der Waals surface area contributed by atoms with Crippen LogP contribution < -0.4 is 0 Å². The molecule has 2 rings (SSSR count). The second-order valence-corrected chi connectivity index (χ2v) is 6.57. The van der Waals surface area contributed by atoms with E-state index in [2.05, 4.69) is 15.9 Å². The molecule has 0 fully saturated rings. The maximum Gasteiger partial charge on any atom is 0.0935 e. The Bertz CT molecular complexity index is 615. The minimum absolute atomic E-state index is 0.430. The van der Waals surface area contributed by atoms with Crippen LogP contribution in [0.15, 0.2) is 46.9 Å². The molecule has 0 saturated heterocycles. The van der Waals surface area contributed by atoms with Crippen molar-refractivity contribution in [3.63, 3.8) is 0 Å². The van der Waals surface area contributed by atoms with Gasteiger partial charge in [0.2, 0.25) is 0 Å². The van der Waals surface area contributed by atoms with E-state index in [1.54, 1.807) is 12.1 Å². The first-order chi connectivity index (χ1) is 9.44. The van der Waals surface area contributed by atoms with Crippen LogP contribution >= 0.6 is 39.1 Å². The van der Waals surface area contributed by atoms with E-state index >= 15 is 0 Å². The van der Waals surface area contributed by atoms with E-state index in [0.29, 0.717) is 22.9 Å². The van der Waals surface area contributed by atoms with Gasteiger partial charge in [-0.05, 0) is 47.9 Å². The fourth-order valence-corrected chi connectivity index (χ4v) is 2.98. The van der Waals surface area contributed by atoms with Crippen LogP contribution in [0.2, 0.25) is 10.0 Å². The molecule has 2 aromatic rings. The molecule has 0 aromatic heterocycles. The van der Waals surface area contributed by atoms with Crippen LogP contribution in [-0.4, -0.2) is 5.11 Å². The molecular formula is C16H15BrCl2O. The van der Waals surface area contributed by atoms with Crippen molar-refractivity contribution in [2.75, 3.05) is 0 Å². The summed E-state index contributed by atoms with van der Waals surface area (Å²) in [7, 11) is 0. The molecule has 1 N–H and O–H groups in total. The van der Waals surface area contributed by atoms with Gasteiger partial charge in [-0.3, -0.25) is 0 Å². The molecule has 0 aliphatic heterocycles. The second kappa shape index (κ2) is 6.48. The van der Waals surface area contributed by atoms with Crippen LogP contribution in [0.25, 0.3) is 0 Å². The van der Waals surface area contributed by atoms with E-state index in [0.717, 1.165) is 15.6 Å². The molecule has 0 saturated carbocycles. The van der Waals surface area contributed by atoms with Crippen molar-refractivity contribution in [2.24, 2.45) is 0 Å². The second-order valence-electron chi connectivity index (χ2n) is 4.81. The smallest absolute Gasteiger partial charge is 0.0935 e. The van der Waals surface area contributed by atoms with Gasteiger partial charge in [0.15, 0.2) is 0 Å². The Kier molecular flexibility index (Phi) is 5.14. The normalized spacial score (nSPS) is 14.1. The lowest BCUT2D eigenvalue weighted by Gasteiger charge is -2.28. The summed E-state index contributed by atoms with van der Waals surface area (Å²) < 4.78 is 0.944. The molecular weight excluding hydrogens is 359 g/mol. The van der Waals surface area contributed by atoms with Gasteiger partial charge in [0, 0.05) is 20.9 Å². The minimum atomic E-state index is -0.960. The van der Waals surface area contributed by atoms with Crippen LogP contribution in [-0.2, 0) is 12.0 Å². The van der Waals surface area contributed by atoms with E-state index in [4.69, 9.17) is 23.2 Å². The quantitative estimate of drug-likeness (QED) is 0.739. The number of benzene rings is 2. The summed E-state index contributed by atoms with van der Waals surface area (Å²) in [4.78, 5) is 0. The Morgan fingerprint density at radius 1 is 1.15 bits per heavy atom. The summed E-state index contributed by atoms with van der Waals surface area (Å²) in [6.07, 6.45) is 1.02. The van der Waals surface area contributed by atoms with Gasteiger partial charge in [-0.15, -0.1) is 0 Å². The van der Waals surface area contributed by atoms with Gasteiger partial charge in [0.1, 0.15) is 0 Å². The molecule has 0 bridgehead atoms. The molecule has 4 heteroatoms. The Morgan fingerprint density at radius 3 is 2.55 bits per heavy atom. The number of rotatable bonds is 4. The zero-order valence-corrected chi connectivity index (χ0v) is 14.1. The molecule has 1 atom stereocenters. The van der Waals surface area contributed by atoms with Gasteiger partial charge in [0.05, 0.1) is 5.60 Å². The molecule has 20 heavy (non-hydrogen) atoms. The molecule has 0 heterocycles. The molecule has 1 nitrogen and oxygen atoms in total. The zero-order chi connectivity index (χ0) is 14.8.